The summed E-state index contributed by atoms with van der Waals surface area (Å²) in [6.07, 6.45) is 4.27. The molecule has 166 valence electrons. The maximum Gasteiger partial charge on any atom is 0.408 e. The summed E-state index contributed by atoms with van der Waals surface area (Å²) in [4.78, 5) is 29.9. The van der Waals surface area contributed by atoms with Crippen molar-refractivity contribution in [2.75, 3.05) is 13.2 Å². The van der Waals surface area contributed by atoms with E-state index in [4.69, 9.17) is 9.47 Å². The number of nitrogens with one attached hydrogen (secondary N) is 1. The van der Waals surface area contributed by atoms with Gasteiger partial charge in [-0.15, -0.1) is 0 Å². The molecule has 4 rings (SSSR count). The van der Waals surface area contributed by atoms with Crippen LogP contribution in [-0.2, 0) is 15.0 Å². The lowest BCUT2D eigenvalue weighted by Gasteiger charge is -2.39. The molecule has 1 aliphatic heterocycles. The fourth-order valence-electron chi connectivity index (χ4n) is 4.12. The SMILES string of the molecule is CC(C)(C)OC(=O)NC1(c2ccc(C(=O)c3cccc4cnccc34)cc2)CCOCC1. The fraction of sp³-hybridized carbons (Fsp3) is 0.346. The van der Waals surface area contributed by atoms with Crippen molar-refractivity contribution in [1.29, 1.82) is 0 Å². The van der Waals surface area contributed by atoms with Crippen LogP contribution >= 0.6 is 0 Å². The Labute approximate surface area is 187 Å². The number of amides is 1. The van der Waals surface area contributed by atoms with Gasteiger partial charge in [0.2, 0.25) is 0 Å². The number of pyridine rings is 1. The van der Waals surface area contributed by atoms with Crippen molar-refractivity contribution < 1.29 is 19.1 Å². The standard InChI is InChI=1S/C26H28N2O4/c1-25(2,3)32-24(30)28-26(12-15-31-16-13-26)20-9-7-18(8-10-20)23(29)22-6-4-5-19-17-27-14-11-21(19)22/h4-11,14,17H,12-13,15-16H2,1-3H3,(H,28,30). The quantitative estimate of drug-likeness (QED) is 0.587. The number of fused-ring (bicyclic) bond motifs is 1. The van der Waals surface area contributed by atoms with E-state index in [1.54, 1.807) is 12.4 Å². The van der Waals surface area contributed by atoms with E-state index in [-0.39, 0.29) is 5.78 Å². The highest BCUT2D eigenvalue weighted by Gasteiger charge is 2.37. The number of ether oxygens (including phenoxy) is 2. The molecule has 0 atom stereocenters. The van der Waals surface area contributed by atoms with Crippen LogP contribution in [-0.4, -0.2) is 35.7 Å². The van der Waals surface area contributed by atoms with Gasteiger partial charge in [-0.05, 0) is 50.6 Å². The van der Waals surface area contributed by atoms with Crippen molar-refractivity contribution in [2.24, 2.45) is 0 Å². The van der Waals surface area contributed by atoms with Gasteiger partial charge in [-0.25, -0.2) is 4.79 Å². The van der Waals surface area contributed by atoms with Crippen molar-refractivity contribution in [2.45, 2.75) is 44.8 Å². The van der Waals surface area contributed by atoms with Crippen molar-refractivity contribution >= 4 is 22.6 Å². The second-order valence-corrected chi connectivity index (χ2v) is 9.13. The van der Waals surface area contributed by atoms with Gasteiger partial charge in [0.15, 0.2) is 5.78 Å². The molecule has 6 heteroatoms. The number of ketones is 1. The molecule has 1 aromatic heterocycles. The summed E-state index contributed by atoms with van der Waals surface area (Å²) in [6, 6.07) is 15.0. The van der Waals surface area contributed by atoms with Crippen LogP contribution in [0.5, 0.6) is 0 Å². The molecule has 0 saturated carbocycles. The van der Waals surface area contributed by atoms with Gasteiger partial charge in [-0.3, -0.25) is 9.78 Å². The van der Waals surface area contributed by atoms with E-state index in [9.17, 15) is 9.59 Å². The molecule has 0 bridgehead atoms. The molecule has 2 aromatic carbocycles. The van der Waals surface area contributed by atoms with Crippen LogP contribution in [0.15, 0.2) is 60.9 Å². The van der Waals surface area contributed by atoms with Crippen molar-refractivity contribution in [3.63, 3.8) is 0 Å². The summed E-state index contributed by atoms with van der Waals surface area (Å²) in [5, 5.41) is 4.88. The van der Waals surface area contributed by atoms with Gasteiger partial charge in [0.1, 0.15) is 5.60 Å². The zero-order chi connectivity index (χ0) is 22.8. The third kappa shape index (κ3) is 4.65. The molecular formula is C26H28N2O4. The first-order chi connectivity index (χ1) is 15.3. The second kappa shape index (κ2) is 8.71. The summed E-state index contributed by atoms with van der Waals surface area (Å²) in [7, 11) is 0. The van der Waals surface area contributed by atoms with Crippen LogP contribution < -0.4 is 5.32 Å². The lowest BCUT2D eigenvalue weighted by Crippen LogP contribution is -2.50. The molecule has 6 nitrogen and oxygen atoms in total. The van der Waals surface area contributed by atoms with Crippen LogP contribution in [0.1, 0.15) is 55.1 Å². The summed E-state index contributed by atoms with van der Waals surface area (Å²) in [6.45, 7) is 6.61. The lowest BCUT2D eigenvalue weighted by molar-refractivity contribution is 0.0157. The van der Waals surface area contributed by atoms with E-state index in [0.29, 0.717) is 37.2 Å². The van der Waals surface area contributed by atoms with Gasteiger partial charge in [-0.2, -0.15) is 0 Å². The molecule has 0 unspecified atom stereocenters. The molecule has 3 aromatic rings. The molecule has 32 heavy (non-hydrogen) atoms. The molecule has 1 saturated heterocycles. The summed E-state index contributed by atoms with van der Waals surface area (Å²) < 4.78 is 11.0. The minimum atomic E-state index is -0.590. The van der Waals surface area contributed by atoms with Crippen LogP contribution in [0.2, 0.25) is 0 Å². The molecule has 0 aliphatic carbocycles. The Morgan fingerprint density at radius 1 is 1.03 bits per heavy atom. The summed E-state index contributed by atoms with van der Waals surface area (Å²) >= 11 is 0. The Hall–Kier alpha value is -3.25. The predicted molar refractivity (Wildman–Crippen MR) is 123 cm³/mol. The average Bonchev–Trinajstić information content (AvgIpc) is 2.77. The molecule has 1 fully saturated rings. The van der Waals surface area contributed by atoms with Crippen molar-refractivity contribution in [3.05, 3.63) is 77.6 Å². The van der Waals surface area contributed by atoms with Crippen LogP contribution in [0.25, 0.3) is 10.8 Å². The molecule has 2 heterocycles. The number of rotatable bonds is 4. The number of hydrogen-bond donors (Lipinski definition) is 1. The lowest BCUT2D eigenvalue weighted by atomic mass is 9.82. The number of benzene rings is 2. The Morgan fingerprint density at radius 2 is 1.75 bits per heavy atom. The number of carbonyl (C=O) groups is 2. The van der Waals surface area contributed by atoms with E-state index >= 15 is 0 Å². The molecule has 1 N–H and O–H groups in total. The normalized spacial score (nSPS) is 15.8. The van der Waals surface area contributed by atoms with Gasteiger partial charge in [0.05, 0.1) is 5.54 Å². The maximum absolute atomic E-state index is 13.2. The number of aromatic nitrogens is 1. The highest BCUT2D eigenvalue weighted by Crippen LogP contribution is 2.33. The van der Waals surface area contributed by atoms with Gasteiger partial charge < -0.3 is 14.8 Å². The van der Waals surface area contributed by atoms with E-state index in [0.717, 1.165) is 16.3 Å². The smallest absolute Gasteiger partial charge is 0.408 e. The van der Waals surface area contributed by atoms with Crippen LogP contribution in [0, 0.1) is 0 Å². The number of alkyl carbamates (subject to hydrolysis) is 1. The third-order valence-corrected chi connectivity index (χ3v) is 5.71. The number of nitrogens with zero attached hydrogens (tertiary/aromatic N) is 1. The summed E-state index contributed by atoms with van der Waals surface area (Å²) in [5.74, 6) is -0.0468. The highest BCUT2D eigenvalue weighted by atomic mass is 16.6. The minimum absolute atomic E-state index is 0.0468. The van der Waals surface area contributed by atoms with Gasteiger partial charge >= 0.3 is 6.09 Å². The predicted octanol–water partition coefficient (Wildman–Crippen LogP) is 5.00. The van der Waals surface area contributed by atoms with Gasteiger partial charge in [-0.1, -0.05) is 42.5 Å². The van der Waals surface area contributed by atoms with Crippen LogP contribution in [0.4, 0.5) is 4.79 Å². The monoisotopic (exact) mass is 432 g/mol. The molecule has 1 aliphatic rings. The zero-order valence-electron chi connectivity index (χ0n) is 18.7. The topological polar surface area (TPSA) is 77.5 Å². The van der Waals surface area contributed by atoms with Gasteiger partial charge in [0, 0.05) is 42.1 Å². The Balaban J connectivity index is 1.62. The first-order valence-corrected chi connectivity index (χ1v) is 10.8. The maximum atomic E-state index is 13.2. The average molecular weight is 433 g/mol. The highest BCUT2D eigenvalue weighted by molar-refractivity contribution is 6.16. The van der Waals surface area contributed by atoms with Crippen LogP contribution in [0.3, 0.4) is 0 Å². The van der Waals surface area contributed by atoms with Crippen molar-refractivity contribution in [3.8, 4) is 0 Å². The first-order valence-electron chi connectivity index (χ1n) is 10.8. The van der Waals surface area contributed by atoms with E-state index in [1.807, 2.05) is 69.3 Å². The zero-order valence-corrected chi connectivity index (χ0v) is 18.7. The fourth-order valence-corrected chi connectivity index (χ4v) is 4.12. The second-order valence-electron chi connectivity index (χ2n) is 9.13. The number of hydrogen-bond acceptors (Lipinski definition) is 5. The Morgan fingerprint density at radius 3 is 2.44 bits per heavy atom. The molecule has 0 spiro atoms. The van der Waals surface area contributed by atoms with E-state index in [1.165, 1.54) is 0 Å². The Bertz CT molecular complexity index is 1120. The third-order valence-electron chi connectivity index (χ3n) is 5.71. The number of carbonyl (C=O) groups excluding carboxylic acids is 2. The Kier molecular flexibility index (Phi) is 5.98. The summed E-state index contributed by atoms with van der Waals surface area (Å²) in [5.41, 5.74) is 1.00. The molecular weight excluding hydrogens is 404 g/mol. The minimum Gasteiger partial charge on any atom is -0.444 e. The first kappa shape index (κ1) is 22.0. The molecule has 0 radical (unpaired) electrons. The van der Waals surface area contributed by atoms with E-state index in [2.05, 4.69) is 10.3 Å². The largest absolute Gasteiger partial charge is 0.444 e. The van der Waals surface area contributed by atoms with Crippen molar-refractivity contribution in [1.82, 2.24) is 10.3 Å². The molecule has 1 amide bonds. The van der Waals surface area contributed by atoms with Gasteiger partial charge in [0.25, 0.3) is 0 Å². The van der Waals surface area contributed by atoms with E-state index < -0.39 is 17.2 Å².